The van der Waals surface area contributed by atoms with Crippen molar-refractivity contribution in [2.45, 2.75) is 33.6 Å². The quantitative estimate of drug-likeness (QED) is 0.643. The summed E-state index contributed by atoms with van der Waals surface area (Å²) in [5, 5.41) is 1.05. The van der Waals surface area contributed by atoms with Crippen LogP contribution >= 0.6 is 15.9 Å². The molecule has 0 aliphatic rings. The van der Waals surface area contributed by atoms with Gasteiger partial charge in [0, 0.05) is 5.33 Å². The van der Waals surface area contributed by atoms with E-state index in [1.54, 1.807) is 0 Å². The molecule has 0 amide bonds. The largest absolute Gasteiger partial charge is 0.0925 e. The number of aryl methyl sites for hydroxylation is 3. The number of hydrogen-bond acceptors (Lipinski definition) is 0. The van der Waals surface area contributed by atoms with Crippen molar-refractivity contribution in [3.63, 3.8) is 0 Å². The maximum Gasteiger partial charge on any atom is 0.00660 e. The number of halogens is 1. The van der Waals surface area contributed by atoms with E-state index in [9.17, 15) is 0 Å². The first-order valence-electron chi connectivity index (χ1n) is 7.26. The summed E-state index contributed by atoms with van der Waals surface area (Å²) in [7, 11) is 0. The summed E-state index contributed by atoms with van der Waals surface area (Å²) in [6.07, 6.45) is 2.29. The zero-order valence-corrected chi connectivity index (χ0v) is 14.2. The molecular formula is C19H23Br. The normalized spacial score (nSPS) is 12.4. The molecule has 0 aliphatic carbocycles. The average Bonchev–Trinajstić information content (AvgIpc) is 2.44. The Morgan fingerprint density at radius 1 is 0.850 bits per heavy atom. The average molecular weight is 331 g/mol. The molecule has 1 atom stereocenters. The number of alkyl halides is 1. The van der Waals surface area contributed by atoms with Gasteiger partial charge in [0.15, 0.2) is 0 Å². The Labute approximate surface area is 131 Å². The van der Waals surface area contributed by atoms with E-state index in [0.29, 0.717) is 5.92 Å². The van der Waals surface area contributed by atoms with E-state index in [2.05, 4.69) is 79.2 Å². The zero-order chi connectivity index (χ0) is 14.5. The second-order valence-electron chi connectivity index (χ2n) is 5.78. The van der Waals surface area contributed by atoms with Gasteiger partial charge < -0.3 is 0 Å². The lowest BCUT2D eigenvalue weighted by Gasteiger charge is -2.18. The molecule has 0 bridgehead atoms. The highest BCUT2D eigenvalue weighted by molar-refractivity contribution is 9.09. The van der Waals surface area contributed by atoms with Crippen molar-refractivity contribution in [1.82, 2.24) is 0 Å². The molecule has 2 aromatic carbocycles. The van der Waals surface area contributed by atoms with Crippen molar-refractivity contribution in [1.29, 1.82) is 0 Å². The van der Waals surface area contributed by atoms with Crippen LogP contribution in [0.3, 0.4) is 0 Å². The van der Waals surface area contributed by atoms with Gasteiger partial charge in [0.25, 0.3) is 0 Å². The van der Waals surface area contributed by atoms with Crippen LogP contribution in [0.5, 0.6) is 0 Å². The van der Waals surface area contributed by atoms with Gasteiger partial charge in [-0.3, -0.25) is 0 Å². The van der Waals surface area contributed by atoms with Gasteiger partial charge in [0.05, 0.1) is 0 Å². The molecule has 2 aromatic rings. The third kappa shape index (κ3) is 3.96. The lowest BCUT2D eigenvalue weighted by Crippen LogP contribution is -2.11. The van der Waals surface area contributed by atoms with Gasteiger partial charge in [-0.05, 0) is 61.8 Å². The molecule has 0 N–H and O–H groups in total. The predicted octanol–water partition coefficient (Wildman–Crippen LogP) is 5.41. The van der Waals surface area contributed by atoms with E-state index in [-0.39, 0.29) is 0 Å². The number of hydrogen-bond donors (Lipinski definition) is 0. The number of benzene rings is 2. The SMILES string of the molecule is Cc1ccc(CC(CBr)Cc2c(C)cccc2C)cc1. The van der Waals surface area contributed by atoms with Crippen LogP contribution in [0.15, 0.2) is 42.5 Å². The molecule has 0 radical (unpaired) electrons. The van der Waals surface area contributed by atoms with E-state index < -0.39 is 0 Å². The Morgan fingerprint density at radius 3 is 2.00 bits per heavy atom. The van der Waals surface area contributed by atoms with Crippen LogP contribution in [0.4, 0.5) is 0 Å². The Bertz CT molecular complexity index is 534. The fraction of sp³-hybridized carbons (Fsp3) is 0.368. The Hall–Kier alpha value is -1.08. The molecule has 0 aromatic heterocycles. The standard InChI is InChI=1S/C19H23Br/c1-14-7-9-17(10-8-14)11-18(13-20)12-19-15(2)5-4-6-16(19)3/h4-10,18H,11-13H2,1-3H3. The molecular weight excluding hydrogens is 308 g/mol. The summed E-state index contributed by atoms with van der Waals surface area (Å²) in [5.74, 6) is 0.650. The second-order valence-corrected chi connectivity index (χ2v) is 6.43. The van der Waals surface area contributed by atoms with Crippen LogP contribution in [0.25, 0.3) is 0 Å². The molecule has 0 nitrogen and oxygen atoms in total. The van der Waals surface area contributed by atoms with Crippen LogP contribution in [-0.4, -0.2) is 5.33 Å². The molecule has 0 spiro atoms. The van der Waals surface area contributed by atoms with Gasteiger partial charge in [-0.1, -0.05) is 64.0 Å². The van der Waals surface area contributed by atoms with E-state index in [0.717, 1.165) is 18.2 Å². The van der Waals surface area contributed by atoms with Crippen molar-refractivity contribution in [3.8, 4) is 0 Å². The third-order valence-corrected chi connectivity index (χ3v) is 4.92. The smallest absolute Gasteiger partial charge is 0.00660 e. The van der Waals surface area contributed by atoms with E-state index in [4.69, 9.17) is 0 Å². The van der Waals surface area contributed by atoms with Gasteiger partial charge in [-0.25, -0.2) is 0 Å². The van der Waals surface area contributed by atoms with Crippen LogP contribution in [0.1, 0.15) is 27.8 Å². The van der Waals surface area contributed by atoms with Crippen molar-refractivity contribution in [2.75, 3.05) is 5.33 Å². The van der Waals surface area contributed by atoms with Crippen LogP contribution < -0.4 is 0 Å². The van der Waals surface area contributed by atoms with Crippen molar-refractivity contribution in [2.24, 2.45) is 5.92 Å². The summed E-state index contributed by atoms with van der Waals surface area (Å²) in [6, 6.07) is 15.5. The molecule has 0 aliphatic heterocycles. The third-order valence-electron chi connectivity index (χ3n) is 4.00. The minimum atomic E-state index is 0.650. The summed E-state index contributed by atoms with van der Waals surface area (Å²) >= 11 is 3.69. The molecule has 106 valence electrons. The molecule has 0 saturated heterocycles. The summed E-state index contributed by atoms with van der Waals surface area (Å²) < 4.78 is 0. The molecule has 0 saturated carbocycles. The molecule has 1 unspecified atom stereocenters. The highest BCUT2D eigenvalue weighted by atomic mass is 79.9. The number of rotatable bonds is 5. The van der Waals surface area contributed by atoms with Crippen molar-refractivity contribution in [3.05, 3.63) is 70.3 Å². The van der Waals surface area contributed by atoms with Gasteiger partial charge in [0.1, 0.15) is 0 Å². The molecule has 2 rings (SSSR count). The van der Waals surface area contributed by atoms with Gasteiger partial charge in [-0.2, -0.15) is 0 Å². The van der Waals surface area contributed by atoms with Crippen molar-refractivity contribution >= 4 is 15.9 Å². The highest BCUT2D eigenvalue weighted by Crippen LogP contribution is 2.22. The van der Waals surface area contributed by atoms with Crippen LogP contribution in [-0.2, 0) is 12.8 Å². The van der Waals surface area contributed by atoms with Gasteiger partial charge in [-0.15, -0.1) is 0 Å². The van der Waals surface area contributed by atoms with Crippen LogP contribution in [0, 0.1) is 26.7 Å². The summed E-state index contributed by atoms with van der Waals surface area (Å²) in [4.78, 5) is 0. The first kappa shape index (κ1) is 15.3. The fourth-order valence-corrected chi connectivity index (χ4v) is 3.16. The highest BCUT2D eigenvalue weighted by Gasteiger charge is 2.12. The maximum absolute atomic E-state index is 3.69. The Balaban J connectivity index is 2.11. The minimum Gasteiger partial charge on any atom is -0.0925 e. The maximum atomic E-state index is 3.69. The topological polar surface area (TPSA) is 0 Å². The van der Waals surface area contributed by atoms with Crippen LogP contribution in [0.2, 0.25) is 0 Å². The van der Waals surface area contributed by atoms with Gasteiger partial charge in [0.2, 0.25) is 0 Å². The lowest BCUT2D eigenvalue weighted by molar-refractivity contribution is 0.588. The second kappa shape index (κ2) is 7.08. The monoisotopic (exact) mass is 330 g/mol. The molecule has 1 heteroatoms. The van der Waals surface area contributed by atoms with E-state index in [1.165, 1.54) is 27.8 Å². The first-order chi connectivity index (χ1) is 9.60. The first-order valence-corrected chi connectivity index (χ1v) is 8.39. The van der Waals surface area contributed by atoms with Gasteiger partial charge >= 0.3 is 0 Å². The summed E-state index contributed by atoms with van der Waals surface area (Å²) in [5.41, 5.74) is 7.12. The minimum absolute atomic E-state index is 0.650. The zero-order valence-electron chi connectivity index (χ0n) is 12.6. The molecule has 0 heterocycles. The van der Waals surface area contributed by atoms with Crippen molar-refractivity contribution < 1.29 is 0 Å². The summed E-state index contributed by atoms with van der Waals surface area (Å²) in [6.45, 7) is 6.58. The van der Waals surface area contributed by atoms with E-state index in [1.807, 2.05) is 0 Å². The Kier molecular flexibility index (Phi) is 5.42. The van der Waals surface area contributed by atoms with E-state index >= 15 is 0 Å². The lowest BCUT2D eigenvalue weighted by atomic mass is 9.90. The molecule has 20 heavy (non-hydrogen) atoms. The Morgan fingerprint density at radius 2 is 1.45 bits per heavy atom. The predicted molar refractivity (Wildman–Crippen MR) is 91.8 cm³/mol. The molecule has 0 fully saturated rings. The fourth-order valence-electron chi connectivity index (χ4n) is 2.70.